The second kappa shape index (κ2) is 10.1. The Morgan fingerprint density at radius 2 is 1.30 bits per heavy atom. The molecule has 1 aromatic heterocycles. The molecular weight excluding hydrogens is 662 g/mol. The van der Waals surface area contributed by atoms with E-state index in [0.29, 0.717) is 0 Å². The van der Waals surface area contributed by atoms with Crippen molar-refractivity contribution in [1.82, 2.24) is 0 Å². The van der Waals surface area contributed by atoms with Gasteiger partial charge in [-0.05, 0) is 122 Å². The van der Waals surface area contributed by atoms with Gasteiger partial charge in [-0.15, -0.1) is 0 Å². The van der Waals surface area contributed by atoms with Crippen LogP contribution < -0.4 is 4.90 Å². The molecule has 0 N–H and O–H groups in total. The van der Waals surface area contributed by atoms with E-state index in [9.17, 15) is 0 Å². The van der Waals surface area contributed by atoms with E-state index < -0.39 is 0 Å². The van der Waals surface area contributed by atoms with Crippen molar-refractivity contribution in [3.8, 4) is 11.1 Å². The highest BCUT2D eigenvalue weighted by molar-refractivity contribution is 9.10. The summed E-state index contributed by atoms with van der Waals surface area (Å²) in [5.41, 5.74) is 9.41. The molecule has 2 aliphatic rings. The lowest BCUT2D eigenvalue weighted by Crippen LogP contribution is -2.25. The van der Waals surface area contributed by atoms with Crippen molar-refractivity contribution < 1.29 is 9.15 Å². The highest BCUT2D eigenvalue weighted by atomic mass is 79.9. The van der Waals surface area contributed by atoms with E-state index in [4.69, 9.17) is 9.15 Å². The molecule has 3 nitrogen and oxygen atoms in total. The Bertz CT molecular complexity index is 1960. The summed E-state index contributed by atoms with van der Waals surface area (Å²) in [4.78, 5) is 2.29. The third kappa shape index (κ3) is 4.47. The lowest BCUT2D eigenvalue weighted by molar-refractivity contribution is -0.122. The number of halogens is 2. The SMILES string of the molecule is CC1(C)OC2(CCCC2)c2ccc(-c3cc(N(c4ccc(Br)cc4)c4ccc(Br)cc4)c4oc5ccccc5c4c3)cc21. The molecule has 5 heteroatoms. The van der Waals surface area contributed by atoms with Crippen LogP contribution in [0.2, 0.25) is 0 Å². The van der Waals surface area contributed by atoms with Crippen molar-refractivity contribution in [2.45, 2.75) is 50.7 Å². The second-order valence-electron chi connectivity index (χ2n) is 12.3. The van der Waals surface area contributed by atoms with Crippen LogP contribution in [-0.2, 0) is 15.9 Å². The number of para-hydroxylation sites is 1. The first-order valence-corrected chi connectivity index (χ1v) is 16.5. The Kier molecular flexibility index (Phi) is 6.38. The molecule has 0 amide bonds. The fourth-order valence-electron chi connectivity index (χ4n) is 7.28. The van der Waals surface area contributed by atoms with E-state index in [1.54, 1.807) is 0 Å². The molecule has 214 valence electrons. The smallest absolute Gasteiger partial charge is 0.159 e. The third-order valence-electron chi connectivity index (χ3n) is 9.22. The molecule has 6 aromatic rings. The van der Waals surface area contributed by atoms with Crippen molar-refractivity contribution in [2.24, 2.45) is 0 Å². The number of benzene rings is 5. The van der Waals surface area contributed by atoms with Crippen LogP contribution in [-0.4, -0.2) is 0 Å². The Morgan fingerprint density at radius 1 is 0.651 bits per heavy atom. The summed E-state index contributed by atoms with van der Waals surface area (Å²) in [6, 6.07) is 36.8. The standard InChI is InChI=1S/C38H31Br2NO2/c1-37(2)33-22-24(9-18-32(33)38(43-37)19-5-6-20-38)25-21-31-30-7-3-4-8-35(30)42-36(31)34(23-25)41(28-14-10-26(39)11-15-28)29-16-12-27(40)13-17-29/h3-4,7-18,21-23H,5-6,19-20H2,1-2H3. The predicted molar refractivity (Wildman–Crippen MR) is 183 cm³/mol. The van der Waals surface area contributed by atoms with Crippen molar-refractivity contribution in [2.75, 3.05) is 4.90 Å². The number of furan rings is 1. The maximum Gasteiger partial charge on any atom is 0.159 e. The normalized spacial score (nSPS) is 16.7. The summed E-state index contributed by atoms with van der Waals surface area (Å²) < 4.78 is 15.6. The fraction of sp³-hybridized carbons (Fsp3) is 0.211. The van der Waals surface area contributed by atoms with E-state index in [0.717, 1.165) is 66.4 Å². The Balaban J connectivity index is 1.39. The largest absolute Gasteiger partial charge is 0.454 e. The number of fused-ring (bicyclic) bond motifs is 5. The quantitative estimate of drug-likeness (QED) is 0.184. The zero-order chi connectivity index (χ0) is 29.3. The highest BCUT2D eigenvalue weighted by Crippen LogP contribution is 2.55. The molecule has 1 aliphatic heterocycles. The molecule has 8 rings (SSSR count). The van der Waals surface area contributed by atoms with Gasteiger partial charge >= 0.3 is 0 Å². The summed E-state index contributed by atoms with van der Waals surface area (Å²) in [7, 11) is 0. The van der Waals surface area contributed by atoms with Gasteiger partial charge in [0.15, 0.2) is 5.58 Å². The summed E-state index contributed by atoms with van der Waals surface area (Å²) >= 11 is 7.25. The van der Waals surface area contributed by atoms with Crippen LogP contribution in [0.15, 0.2) is 116 Å². The molecule has 1 spiro atoms. The molecular formula is C38H31Br2NO2. The number of hydrogen-bond donors (Lipinski definition) is 0. The van der Waals surface area contributed by atoms with Crippen molar-refractivity contribution >= 4 is 70.9 Å². The van der Waals surface area contributed by atoms with E-state index in [1.807, 2.05) is 6.07 Å². The summed E-state index contributed by atoms with van der Waals surface area (Å²) in [5.74, 6) is 0. The molecule has 0 saturated heterocycles. The first-order valence-electron chi connectivity index (χ1n) is 14.9. The van der Waals surface area contributed by atoms with Gasteiger partial charge in [-0.1, -0.05) is 75.0 Å². The maximum absolute atomic E-state index is 6.84. The topological polar surface area (TPSA) is 25.6 Å². The average Bonchev–Trinajstić information content (AvgIpc) is 3.69. The molecule has 43 heavy (non-hydrogen) atoms. The lowest BCUT2D eigenvalue weighted by Gasteiger charge is -2.28. The molecule has 5 aromatic carbocycles. The van der Waals surface area contributed by atoms with Gasteiger partial charge in [0.2, 0.25) is 0 Å². The number of nitrogens with zero attached hydrogens (tertiary/aromatic N) is 1. The molecule has 1 aliphatic carbocycles. The van der Waals surface area contributed by atoms with Crippen LogP contribution >= 0.6 is 31.9 Å². The molecule has 0 radical (unpaired) electrons. The number of ether oxygens (including phenoxy) is 1. The van der Waals surface area contributed by atoms with Crippen molar-refractivity contribution in [3.63, 3.8) is 0 Å². The van der Waals surface area contributed by atoms with Gasteiger partial charge in [-0.3, -0.25) is 0 Å². The van der Waals surface area contributed by atoms with Crippen molar-refractivity contribution in [1.29, 1.82) is 0 Å². The van der Waals surface area contributed by atoms with E-state index in [1.165, 1.54) is 29.5 Å². The van der Waals surface area contributed by atoms with Gasteiger partial charge in [0, 0.05) is 31.1 Å². The Morgan fingerprint density at radius 3 is 1.98 bits per heavy atom. The van der Waals surface area contributed by atoms with Crippen LogP contribution in [0.1, 0.15) is 50.7 Å². The van der Waals surface area contributed by atoms with Gasteiger partial charge < -0.3 is 14.1 Å². The minimum atomic E-state index is -0.328. The fourth-order valence-corrected chi connectivity index (χ4v) is 7.81. The van der Waals surface area contributed by atoms with Gasteiger partial charge in [-0.2, -0.15) is 0 Å². The Labute approximate surface area is 268 Å². The molecule has 0 unspecified atom stereocenters. The Hall–Kier alpha value is -3.38. The first-order chi connectivity index (χ1) is 20.8. The van der Waals surface area contributed by atoms with Crippen LogP contribution in [0.25, 0.3) is 33.1 Å². The maximum atomic E-state index is 6.84. The molecule has 0 bridgehead atoms. The predicted octanol–water partition coefficient (Wildman–Crippen LogP) is 12.3. The van der Waals surface area contributed by atoms with Crippen LogP contribution in [0.5, 0.6) is 0 Å². The number of anilines is 3. The summed E-state index contributed by atoms with van der Waals surface area (Å²) in [6.07, 6.45) is 4.67. The number of hydrogen-bond acceptors (Lipinski definition) is 3. The molecule has 0 atom stereocenters. The average molecular weight is 693 g/mol. The lowest BCUT2D eigenvalue weighted by atomic mass is 9.85. The van der Waals surface area contributed by atoms with E-state index >= 15 is 0 Å². The summed E-state index contributed by atoms with van der Waals surface area (Å²) in [5, 5.41) is 2.22. The van der Waals surface area contributed by atoms with Gasteiger partial charge in [0.1, 0.15) is 5.58 Å². The monoisotopic (exact) mass is 691 g/mol. The summed E-state index contributed by atoms with van der Waals surface area (Å²) in [6.45, 7) is 4.45. The first kappa shape index (κ1) is 27.2. The van der Waals surface area contributed by atoms with E-state index in [2.05, 4.69) is 148 Å². The van der Waals surface area contributed by atoms with Gasteiger partial charge in [0.25, 0.3) is 0 Å². The minimum absolute atomic E-state index is 0.132. The van der Waals surface area contributed by atoms with Crippen LogP contribution in [0.4, 0.5) is 17.1 Å². The zero-order valence-corrected chi connectivity index (χ0v) is 27.3. The van der Waals surface area contributed by atoms with E-state index in [-0.39, 0.29) is 11.2 Å². The highest BCUT2D eigenvalue weighted by Gasteiger charge is 2.50. The zero-order valence-electron chi connectivity index (χ0n) is 24.2. The molecule has 1 fully saturated rings. The van der Waals surface area contributed by atoms with Gasteiger partial charge in [0.05, 0.1) is 16.9 Å². The second-order valence-corrected chi connectivity index (χ2v) is 14.2. The molecule has 2 heterocycles. The number of rotatable bonds is 4. The van der Waals surface area contributed by atoms with Crippen LogP contribution in [0, 0.1) is 0 Å². The van der Waals surface area contributed by atoms with Gasteiger partial charge in [-0.25, -0.2) is 0 Å². The third-order valence-corrected chi connectivity index (χ3v) is 10.3. The van der Waals surface area contributed by atoms with Crippen LogP contribution in [0.3, 0.4) is 0 Å². The molecule has 1 saturated carbocycles. The van der Waals surface area contributed by atoms with Crippen molar-refractivity contribution in [3.05, 3.63) is 123 Å². The minimum Gasteiger partial charge on any atom is -0.454 e.